The number of aromatic nitrogens is 1. The molecule has 0 saturated carbocycles. The van der Waals surface area contributed by atoms with Crippen LogP contribution in [0, 0.1) is 13.8 Å². The van der Waals surface area contributed by atoms with Gasteiger partial charge in [0.1, 0.15) is 5.76 Å². The lowest BCUT2D eigenvalue weighted by Crippen LogP contribution is -2.64. The van der Waals surface area contributed by atoms with E-state index in [1.54, 1.807) is 0 Å². The van der Waals surface area contributed by atoms with Gasteiger partial charge in [-0.1, -0.05) is 23.4 Å². The third-order valence-corrected chi connectivity index (χ3v) is 5.98. The van der Waals surface area contributed by atoms with E-state index in [0.717, 1.165) is 49.7 Å². The fourth-order valence-corrected chi connectivity index (χ4v) is 4.27. The lowest BCUT2D eigenvalue weighted by atomic mass is 9.92. The Hall–Kier alpha value is -2.18. The average Bonchev–Trinajstić information content (AvgIpc) is 3.18. The number of piperazine rings is 1. The van der Waals surface area contributed by atoms with E-state index >= 15 is 0 Å². The van der Waals surface area contributed by atoms with Crippen molar-refractivity contribution in [1.82, 2.24) is 15.0 Å². The first kappa shape index (κ1) is 17.2. The van der Waals surface area contributed by atoms with Crippen LogP contribution in [0.4, 0.5) is 5.69 Å². The van der Waals surface area contributed by atoms with Crippen LogP contribution in [-0.4, -0.2) is 59.6 Å². The van der Waals surface area contributed by atoms with Crippen molar-refractivity contribution in [2.75, 3.05) is 38.1 Å². The zero-order chi connectivity index (χ0) is 18.3. The topological polar surface area (TPSA) is 52.8 Å². The van der Waals surface area contributed by atoms with Crippen LogP contribution in [-0.2, 0) is 11.3 Å². The molecule has 2 aromatic rings. The van der Waals surface area contributed by atoms with E-state index in [1.165, 1.54) is 5.56 Å². The summed E-state index contributed by atoms with van der Waals surface area (Å²) in [4.78, 5) is 19.3. The quantitative estimate of drug-likeness (QED) is 0.846. The number of aryl methyl sites for hydroxylation is 2. The third kappa shape index (κ3) is 2.93. The highest BCUT2D eigenvalue weighted by molar-refractivity contribution is 5.96. The van der Waals surface area contributed by atoms with Crippen molar-refractivity contribution in [2.24, 2.45) is 0 Å². The van der Waals surface area contributed by atoms with Crippen molar-refractivity contribution in [3.8, 4) is 0 Å². The maximum atomic E-state index is 12.6. The molecule has 1 atom stereocenters. The van der Waals surface area contributed by atoms with Gasteiger partial charge in [-0.25, -0.2) is 0 Å². The Kier molecular flexibility index (Phi) is 4.32. The molecule has 0 bridgehead atoms. The highest BCUT2D eigenvalue weighted by Gasteiger charge is 2.47. The summed E-state index contributed by atoms with van der Waals surface area (Å²) in [7, 11) is 2.08. The number of benzene rings is 1. The van der Waals surface area contributed by atoms with Crippen molar-refractivity contribution in [2.45, 2.75) is 32.4 Å². The summed E-state index contributed by atoms with van der Waals surface area (Å²) >= 11 is 0. The molecule has 1 spiro atoms. The maximum Gasteiger partial charge on any atom is 0.241 e. The molecule has 138 valence electrons. The molecule has 1 aromatic heterocycles. The minimum atomic E-state index is 0.00270. The average molecular weight is 354 g/mol. The Morgan fingerprint density at radius 2 is 1.96 bits per heavy atom. The number of amides is 1. The number of rotatable bonds is 3. The van der Waals surface area contributed by atoms with Crippen LogP contribution in [0.15, 0.2) is 34.9 Å². The highest BCUT2D eigenvalue weighted by Crippen LogP contribution is 2.34. The fourth-order valence-electron chi connectivity index (χ4n) is 4.27. The molecule has 6 nitrogen and oxygen atoms in total. The Morgan fingerprint density at radius 1 is 1.19 bits per heavy atom. The minimum Gasteiger partial charge on any atom is -0.361 e. The fraction of sp³-hybridized carbons (Fsp3) is 0.500. The Balaban J connectivity index is 1.53. The standard InChI is InChI=1S/C20H26N4O2/c1-15-18(16(2)26-21-15)11-23-10-9-20(13-23)14-24(19(25)12-22(20)3)17-7-5-4-6-8-17/h4-8H,9-14H2,1-3H3. The molecular weight excluding hydrogens is 328 g/mol. The van der Waals surface area contributed by atoms with Gasteiger partial charge >= 0.3 is 0 Å². The van der Waals surface area contributed by atoms with E-state index in [2.05, 4.69) is 22.0 Å². The number of anilines is 1. The first-order valence-corrected chi connectivity index (χ1v) is 9.19. The molecule has 2 fully saturated rings. The second-order valence-corrected chi connectivity index (χ2v) is 7.66. The smallest absolute Gasteiger partial charge is 0.241 e. The van der Waals surface area contributed by atoms with Crippen molar-refractivity contribution in [3.05, 3.63) is 47.3 Å². The predicted octanol–water partition coefficient (Wildman–Crippen LogP) is 2.21. The highest BCUT2D eigenvalue weighted by atomic mass is 16.5. The van der Waals surface area contributed by atoms with Crippen molar-refractivity contribution in [1.29, 1.82) is 0 Å². The van der Waals surface area contributed by atoms with Gasteiger partial charge in [0.15, 0.2) is 0 Å². The van der Waals surface area contributed by atoms with Gasteiger partial charge in [-0.3, -0.25) is 14.6 Å². The summed E-state index contributed by atoms with van der Waals surface area (Å²) in [6.07, 6.45) is 1.06. The van der Waals surface area contributed by atoms with Crippen LogP contribution in [0.25, 0.3) is 0 Å². The van der Waals surface area contributed by atoms with E-state index in [1.807, 2.05) is 49.1 Å². The lowest BCUT2D eigenvalue weighted by Gasteiger charge is -2.47. The Bertz CT molecular complexity index is 784. The van der Waals surface area contributed by atoms with Crippen LogP contribution < -0.4 is 4.90 Å². The summed E-state index contributed by atoms with van der Waals surface area (Å²) in [5.74, 6) is 1.08. The molecule has 2 saturated heterocycles. The number of nitrogens with zero attached hydrogens (tertiary/aromatic N) is 4. The molecule has 2 aliphatic rings. The molecule has 3 heterocycles. The van der Waals surface area contributed by atoms with E-state index in [-0.39, 0.29) is 11.4 Å². The Morgan fingerprint density at radius 3 is 2.65 bits per heavy atom. The number of carbonyl (C=O) groups is 1. The number of hydrogen-bond donors (Lipinski definition) is 0. The van der Waals surface area contributed by atoms with Gasteiger partial charge in [0.05, 0.1) is 17.8 Å². The molecule has 0 N–H and O–H groups in total. The van der Waals surface area contributed by atoms with E-state index in [0.29, 0.717) is 6.54 Å². The van der Waals surface area contributed by atoms with E-state index < -0.39 is 0 Å². The second kappa shape index (κ2) is 6.52. The maximum absolute atomic E-state index is 12.6. The normalized spacial score (nSPS) is 24.7. The monoisotopic (exact) mass is 354 g/mol. The van der Waals surface area contributed by atoms with Crippen LogP contribution in [0.5, 0.6) is 0 Å². The lowest BCUT2D eigenvalue weighted by molar-refractivity contribution is -0.123. The van der Waals surface area contributed by atoms with Crippen LogP contribution in [0.3, 0.4) is 0 Å². The zero-order valence-electron chi connectivity index (χ0n) is 15.7. The van der Waals surface area contributed by atoms with Gasteiger partial charge in [0, 0.05) is 37.4 Å². The zero-order valence-corrected chi connectivity index (χ0v) is 15.7. The molecule has 1 unspecified atom stereocenters. The van der Waals surface area contributed by atoms with Crippen molar-refractivity contribution >= 4 is 11.6 Å². The van der Waals surface area contributed by atoms with Gasteiger partial charge in [0.2, 0.25) is 5.91 Å². The SMILES string of the molecule is Cc1noc(C)c1CN1CCC2(C1)CN(c1ccccc1)C(=O)CN2C. The van der Waals surface area contributed by atoms with E-state index in [9.17, 15) is 4.79 Å². The molecule has 1 aromatic carbocycles. The molecule has 1 amide bonds. The van der Waals surface area contributed by atoms with Crippen molar-refractivity contribution < 1.29 is 9.32 Å². The summed E-state index contributed by atoms with van der Waals surface area (Å²) in [6, 6.07) is 10.0. The molecule has 4 rings (SSSR count). The van der Waals surface area contributed by atoms with Gasteiger partial charge in [0.25, 0.3) is 0 Å². The van der Waals surface area contributed by atoms with Crippen LogP contribution in [0.2, 0.25) is 0 Å². The van der Waals surface area contributed by atoms with E-state index in [4.69, 9.17) is 4.52 Å². The van der Waals surface area contributed by atoms with Crippen molar-refractivity contribution in [3.63, 3.8) is 0 Å². The summed E-state index contributed by atoms with van der Waals surface area (Å²) in [5, 5.41) is 4.07. The molecule has 0 aliphatic carbocycles. The second-order valence-electron chi connectivity index (χ2n) is 7.66. The van der Waals surface area contributed by atoms with Gasteiger partial charge in [-0.2, -0.15) is 0 Å². The third-order valence-electron chi connectivity index (χ3n) is 5.98. The molecule has 0 radical (unpaired) electrons. The molecular formula is C20H26N4O2. The van der Waals surface area contributed by atoms with Crippen LogP contribution in [0.1, 0.15) is 23.4 Å². The largest absolute Gasteiger partial charge is 0.361 e. The summed E-state index contributed by atoms with van der Waals surface area (Å²) < 4.78 is 5.31. The number of hydrogen-bond acceptors (Lipinski definition) is 5. The summed E-state index contributed by atoms with van der Waals surface area (Å²) in [6.45, 7) is 8.01. The number of likely N-dealkylation sites (N-methyl/N-ethyl adjacent to an activating group) is 1. The van der Waals surface area contributed by atoms with Gasteiger partial charge in [-0.05, 0) is 39.4 Å². The first-order valence-electron chi connectivity index (χ1n) is 9.19. The minimum absolute atomic E-state index is 0.00270. The molecule has 26 heavy (non-hydrogen) atoms. The first-order chi connectivity index (χ1) is 12.5. The number of carbonyl (C=O) groups excluding carboxylic acids is 1. The molecule has 6 heteroatoms. The Labute approximate surface area is 154 Å². The van der Waals surface area contributed by atoms with Crippen LogP contribution >= 0.6 is 0 Å². The van der Waals surface area contributed by atoms with Gasteiger partial charge in [-0.15, -0.1) is 0 Å². The summed E-state index contributed by atoms with van der Waals surface area (Å²) in [5.41, 5.74) is 3.16. The van der Waals surface area contributed by atoms with Gasteiger partial charge < -0.3 is 9.42 Å². The number of likely N-dealkylation sites (tertiary alicyclic amines) is 1. The number of para-hydroxylation sites is 1. The predicted molar refractivity (Wildman–Crippen MR) is 100 cm³/mol. The molecule has 2 aliphatic heterocycles.